The Hall–Kier alpha value is -2.09. The van der Waals surface area contributed by atoms with Gasteiger partial charge in [0.25, 0.3) is 0 Å². The van der Waals surface area contributed by atoms with Crippen molar-refractivity contribution in [3.63, 3.8) is 0 Å². The van der Waals surface area contributed by atoms with Gasteiger partial charge in [-0.1, -0.05) is 42.0 Å². The summed E-state index contributed by atoms with van der Waals surface area (Å²) in [6, 6.07) is 14.8. The highest BCUT2D eigenvalue weighted by molar-refractivity contribution is 5.91. The monoisotopic (exact) mass is 222 g/mol. The average molecular weight is 222 g/mol. The molecule has 0 aliphatic heterocycles. The minimum Gasteiger partial charge on any atom is -0.342 e. The molecule has 0 aliphatic rings. The molecule has 0 radical (unpaired) electrons. The van der Waals surface area contributed by atoms with Crippen LogP contribution in [0, 0.1) is 13.8 Å². The summed E-state index contributed by atoms with van der Waals surface area (Å²) in [5, 5.41) is 0. The highest BCUT2D eigenvalue weighted by Gasteiger charge is 2.06. The number of aryl methyl sites for hydroxylation is 2. The van der Waals surface area contributed by atoms with E-state index in [1.165, 1.54) is 16.7 Å². The van der Waals surface area contributed by atoms with E-state index in [2.05, 4.69) is 59.4 Å². The summed E-state index contributed by atoms with van der Waals surface area (Å²) in [7, 11) is 0. The van der Waals surface area contributed by atoms with Crippen molar-refractivity contribution in [3.8, 4) is 11.1 Å². The van der Waals surface area contributed by atoms with Crippen molar-refractivity contribution in [1.29, 1.82) is 0 Å². The maximum Gasteiger partial charge on any atom is 0.104 e. The van der Waals surface area contributed by atoms with Crippen molar-refractivity contribution in [2.24, 2.45) is 0 Å². The maximum absolute atomic E-state index is 4.56. The van der Waals surface area contributed by atoms with Crippen molar-refractivity contribution in [3.05, 3.63) is 53.9 Å². The summed E-state index contributed by atoms with van der Waals surface area (Å²) in [5.74, 6) is 0.958. The summed E-state index contributed by atoms with van der Waals surface area (Å²) in [5.41, 5.74) is 5.83. The van der Waals surface area contributed by atoms with E-state index in [1.807, 2.05) is 6.92 Å². The molecule has 1 aromatic heterocycles. The molecule has 1 N–H and O–H groups in total. The summed E-state index contributed by atoms with van der Waals surface area (Å²) in [6.07, 6.45) is 0. The van der Waals surface area contributed by atoms with Gasteiger partial charge in [0.1, 0.15) is 5.82 Å². The van der Waals surface area contributed by atoms with Gasteiger partial charge in [-0.3, -0.25) is 0 Å². The maximum atomic E-state index is 4.56. The molecule has 17 heavy (non-hydrogen) atoms. The normalized spacial score (nSPS) is 10.9. The molecule has 0 saturated heterocycles. The van der Waals surface area contributed by atoms with Crippen molar-refractivity contribution < 1.29 is 0 Å². The van der Waals surface area contributed by atoms with Crippen LogP contribution < -0.4 is 0 Å². The summed E-state index contributed by atoms with van der Waals surface area (Å²) >= 11 is 0. The summed E-state index contributed by atoms with van der Waals surface area (Å²) in [4.78, 5) is 7.83. The number of hydrogen-bond donors (Lipinski definition) is 1. The zero-order valence-electron chi connectivity index (χ0n) is 9.99. The number of para-hydroxylation sites is 1. The van der Waals surface area contributed by atoms with E-state index < -0.39 is 0 Å². The zero-order chi connectivity index (χ0) is 11.8. The first-order valence-corrected chi connectivity index (χ1v) is 5.76. The van der Waals surface area contributed by atoms with Crippen molar-refractivity contribution in [2.45, 2.75) is 13.8 Å². The fourth-order valence-electron chi connectivity index (χ4n) is 2.12. The third-order valence-corrected chi connectivity index (χ3v) is 2.99. The molecule has 1 heterocycles. The Morgan fingerprint density at radius 3 is 2.47 bits per heavy atom. The van der Waals surface area contributed by atoms with E-state index in [1.54, 1.807) is 0 Å². The number of imidazole rings is 1. The number of nitrogens with one attached hydrogen (secondary N) is 1. The molecular formula is C15H14N2. The molecule has 84 valence electrons. The second kappa shape index (κ2) is 3.74. The van der Waals surface area contributed by atoms with Crippen LogP contribution in [0.15, 0.2) is 42.5 Å². The number of rotatable bonds is 1. The Bertz CT molecular complexity index is 663. The van der Waals surface area contributed by atoms with E-state index in [4.69, 9.17) is 0 Å². The van der Waals surface area contributed by atoms with Gasteiger partial charge < -0.3 is 4.98 Å². The molecule has 0 unspecified atom stereocenters. The lowest BCUT2D eigenvalue weighted by Gasteiger charge is -2.03. The highest BCUT2D eigenvalue weighted by Crippen LogP contribution is 2.27. The van der Waals surface area contributed by atoms with Crippen LogP contribution >= 0.6 is 0 Å². The smallest absolute Gasteiger partial charge is 0.104 e. The molecule has 0 atom stereocenters. The Kier molecular flexibility index (Phi) is 2.22. The topological polar surface area (TPSA) is 28.7 Å². The average Bonchev–Trinajstić information content (AvgIpc) is 2.70. The third-order valence-electron chi connectivity index (χ3n) is 2.99. The van der Waals surface area contributed by atoms with Crippen LogP contribution in [0.3, 0.4) is 0 Å². The molecule has 2 heteroatoms. The molecule has 3 rings (SSSR count). The number of aromatic amines is 1. The summed E-state index contributed by atoms with van der Waals surface area (Å²) < 4.78 is 0. The quantitative estimate of drug-likeness (QED) is 0.665. The standard InChI is InChI=1S/C15H14N2/c1-10-6-8-12(9-7-10)13-4-3-5-14-15(13)17-11(2)16-14/h3-9H,1-2H3,(H,16,17). The van der Waals surface area contributed by atoms with Gasteiger partial charge in [-0.05, 0) is 25.5 Å². The second-order valence-electron chi connectivity index (χ2n) is 4.39. The number of H-pyrrole nitrogens is 1. The molecule has 2 aromatic carbocycles. The van der Waals surface area contributed by atoms with Gasteiger partial charge in [-0.25, -0.2) is 4.98 Å². The number of hydrogen-bond acceptors (Lipinski definition) is 1. The Morgan fingerprint density at radius 1 is 0.941 bits per heavy atom. The summed E-state index contributed by atoms with van der Waals surface area (Å²) in [6.45, 7) is 4.09. The molecular weight excluding hydrogens is 208 g/mol. The highest BCUT2D eigenvalue weighted by atomic mass is 14.9. The lowest BCUT2D eigenvalue weighted by Crippen LogP contribution is -1.81. The van der Waals surface area contributed by atoms with E-state index in [0.717, 1.165) is 16.9 Å². The minimum absolute atomic E-state index is 0.958. The van der Waals surface area contributed by atoms with Crippen LogP contribution in [0.4, 0.5) is 0 Å². The van der Waals surface area contributed by atoms with Gasteiger partial charge >= 0.3 is 0 Å². The van der Waals surface area contributed by atoms with Gasteiger partial charge in [0.15, 0.2) is 0 Å². The second-order valence-corrected chi connectivity index (χ2v) is 4.39. The third kappa shape index (κ3) is 1.72. The first kappa shape index (κ1) is 10.1. The Labute approximate surface area is 100 Å². The van der Waals surface area contributed by atoms with Crippen LogP contribution in [-0.4, -0.2) is 9.97 Å². The van der Waals surface area contributed by atoms with Gasteiger partial charge in [0.05, 0.1) is 11.0 Å². The lowest BCUT2D eigenvalue weighted by atomic mass is 10.0. The van der Waals surface area contributed by atoms with Crippen molar-refractivity contribution in [1.82, 2.24) is 9.97 Å². The van der Waals surface area contributed by atoms with Gasteiger partial charge in [0, 0.05) is 5.56 Å². The van der Waals surface area contributed by atoms with Gasteiger partial charge in [-0.15, -0.1) is 0 Å². The first-order chi connectivity index (χ1) is 8.24. The molecule has 2 nitrogen and oxygen atoms in total. The zero-order valence-corrected chi connectivity index (χ0v) is 9.99. The molecule has 0 bridgehead atoms. The number of aromatic nitrogens is 2. The van der Waals surface area contributed by atoms with Crippen LogP contribution in [0.5, 0.6) is 0 Å². The van der Waals surface area contributed by atoms with Crippen LogP contribution in [-0.2, 0) is 0 Å². The van der Waals surface area contributed by atoms with E-state index >= 15 is 0 Å². The van der Waals surface area contributed by atoms with Gasteiger partial charge in [0.2, 0.25) is 0 Å². The Balaban J connectivity index is 2.26. The predicted molar refractivity (Wildman–Crippen MR) is 71.0 cm³/mol. The van der Waals surface area contributed by atoms with Crippen molar-refractivity contribution >= 4 is 11.0 Å². The lowest BCUT2D eigenvalue weighted by molar-refractivity contribution is 1.17. The molecule has 0 saturated carbocycles. The van der Waals surface area contributed by atoms with E-state index in [0.29, 0.717) is 0 Å². The number of benzene rings is 2. The molecule has 0 aliphatic carbocycles. The van der Waals surface area contributed by atoms with Crippen LogP contribution in [0.2, 0.25) is 0 Å². The van der Waals surface area contributed by atoms with Crippen LogP contribution in [0.25, 0.3) is 22.2 Å². The molecule has 0 fully saturated rings. The number of nitrogens with zero attached hydrogens (tertiary/aromatic N) is 1. The predicted octanol–water partition coefficient (Wildman–Crippen LogP) is 3.85. The fourth-order valence-corrected chi connectivity index (χ4v) is 2.12. The molecule has 3 aromatic rings. The van der Waals surface area contributed by atoms with Crippen LogP contribution in [0.1, 0.15) is 11.4 Å². The molecule has 0 spiro atoms. The van der Waals surface area contributed by atoms with E-state index in [-0.39, 0.29) is 0 Å². The SMILES string of the molecule is Cc1ccc(-c2cccc3[nH]c(C)nc23)cc1. The van der Waals surface area contributed by atoms with Crippen molar-refractivity contribution in [2.75, 3.05) is 0 Å². The fraction of sp³-hybridized carbons (Fsp3) is 0.133. The Morgan fingerprint density at radius 2 is 1.71 bits per heavy atom. The minimum atomic E-state index is 0.958. The largest absolute Gasteiger partial charge is 0.342 e. The molecule has 0 amide bonds. The number of fused-ring (bicyclic) bond motifs is 1. The van der Waals surface area contributed by atoms with E-state index in [9.17, 15) is 0 Å². The van der Waals surface area contributed by atoms with Gasteiger partial charge in [-0.2, -0.15) is 0 Å². The first-order valence-electron chi connectivity index (χ1n) is 5.76.